The maximum atomic E-state index is 7.33. The van der Waals surface area contributed by atoms with Crippen LogP contribution < -0.4 is 0 Å². The van der Waals surface area contributed by atoms with E-state index in [0.29, 0.717) is 0 Å². The predicted molar refractivity (Wildman–Crippen MR) is 44.4 cm³/mol. The Morgan fingerprint density at radius 3 is 0.875 bits per heavy atom. The zero-order valence-electron chi connectivity index (χ0n) is 2.29. The molecule has 0 aliphatic rings. The van der Waals surface area contributed by atoms with Gasteiger partial charge in [0.15, 0.2) is 0 Å². The van der Waals surface area contributed by atoms with Gasteiger partial charge in [-0.15, -0.1) is 0 Å². The average molecular weight is 184 g/mol. The topological polar surface area (TPSA) is 80.9 Å². The fraction of sp³-hybridized carbons (Fsp3) is 0. The monoisotopic (exact) mass is 184 g/mol. The van der Waals surface area contributed by atoms with Crippen LogP contribution in [0, 0.1) is 0 Å². The molecule has 0 rings (SSSR count). The normalized spacial score (nSPS) is 7.50. The molecule has 0 bridgehead atoms. The van der Waals surface area contributed by atoms with Gasteiger partial charge in [0, 0.05) is 0 Å². The average Bonchev–Trinajstić information content (AvgIpc) is 0.722. The van der Waals surface area contributed by atoms with Gasteiger partial charge in [-0.1, -0.05) is 0 Å². The minimum atomic E-state index is -4.61. The fourth-order valence-electron chi connectivity index (χ4n) is 0. The van der Waals surface area contributed by atoms with Crippen LogP contribution in [0.4, 0.5) is 0 Å². The van der Waals surface area contributed by atoms with E-state index in [-0.39, 0.29) is 57.1 Å². The number of rotatable bonds is 0. The summed E-state index contributed by atoms with van der Waals surface area (Å²) in [4.78, 5) is 29.3. The molecule has 0 unspecified atom stereocenters. The van der Waals surface area contributed by atoms with Crippen molar-refractivity contribution in [2.24, 2.45) is 0 Å². The Hall–Kier alpha value is 1.60. The predicted octanol–water partition coefficient (Wildman–Crippen LogP) is -6.16. The van der Waals surface area contributed by atoms with Crippen molar-refractivity contribution < 1.29 is 19.2 Å². The molecule has 0 aliphatic carbocycles. The third-order valence-electron chi connectivity index (χ3n) is 0. The van der Waals surface area contributed by atoms with Crippen LogP contribution in [-0.4, -0.2) is 85.3 Å². The van der Waals surface area contributed by atoms with Crippen LogP contribution >= 0.6 is 0 Å². The maximum Gasteiger partial charge on any atom is -0.0149 e. The Bertz CT molecular complexity index is 29.5. The van der Waals surface area contributed by atoms with Crippen LogP contribution in [-0.2, 0) is 0 Å². The minimum absolute atomic E-state index is 0. The first-order chi connectivity index (χ1) is 2.00. The van der Waals surface area contributed by atoms with Crippen molar-refractivity contribution in [1.82, 2.24) is 0 Å². The SMILES string of the molecule is B.O[Si](O)(O)O.[CaH2].[SiH4]. The van der Waals surface area contributed by atoms with Crippen LogP contribution in [0.2, 0.25) is 0 Å². The minimum Gasteiger partial charge on any atom is -0.0149 e. The van der Waals surface area contributed by atoms with Crippen molar-refractivity contribution in [3.63, 3.8) is 0 Å². The molecule has 4 nitrogen and oxygen atoms in total. The molecule has 8 heavy (non-hydrogen) atoms. The van der Waals surface area contributed by atoms with Gasteiger partial charge in [-0.3, -0.25) is 0 Å². The van der Waals surface area contributed by atoms with E-state index in [1.54, 1.807) is 0 Å². The first-order valence-electron chi connectivity index (χ1n) is 0.894. The van der Waals surface area contributed by atoms with Crippen molar-refractivity contribution in [3.05, 3.63) is 0 Å². The molecular weight excluding hydrogens is 171 g/mol. The summed E-state index contributed by atoms with van der Waals surface area (Å²) in [6.45, 7) is 0. The van der Waals surface area contributed by atoms with E-state index >= 15 is 0 Å². The molecule has 0 aromatic heterocycles. The van der Waals surface area contributed by atoms with Gasteiger partial charge in [0.05, 0.1) is 8.41 Å². The Morgan fingerprint density at radius 1 is 0.875 bits per heavy atom. The van der Waals surface area contributed by atoms with Gasteiger partial charge in [-0.25, -0.2) is 0 Å². The molecular formula is H13BCaO4Si2. The zero-order valence-corrected chi connectivity index (χ0v) is 3.29. The molecule has 0 aromatic carbocycles. The Balaban J connectivity index is -0.0000000267. The van der Waals surface area contributed by atoms with Crippen LogP contribution in [0.5, 0.6) is 0 Å². The zero-order chi connectivity index (χ0) is 4.50. The Kier molecular flexibility index (Phi) is 24.3. The van der Waals surface area contributed by atoms with Crippen molar-refractivity contribution in [3.8, 4) is 0 Å². The van der Waals surface area contributed by atoms with Gasteiger partial charge in [-0.2, -0.15) is 0 Å². The summed E-state index contributed by atoms with van der Waals surface area (Å²) in [6, 6.07) is 0. The molecule has 0 radical (unpaired) electrons. The van der Waals surface area contributed by atoms with Crippen LogP contribution in [0.25, 0.3) is 0 Å². The Morgan fingerprint density at radius 2 is 0.875 bits per heavy atom. The summed E-state index contributed by atoms with van der Waals surface area (Å²) in [5.41, 5.74) is 0. The van der Waals surface area contributed by atoms with E-state index in [9.17, 15) is 0 Å². The summed E-state index contributed by atoms with van der Waals surface area (Å²) >= 11 is 0. The third-order valence-corrected chi connectivity index (χ3v) is 0. The summed E-state index contributed by atoms with van der Waals surface area (Å²) in [5.74, 6) is 0. The number of hydrogen-bond acceptors (Lipinski definition) is 4. The number of hydrogen-bond donors (Lipinski definition) is 4. The van der Waals surface area contributed by atoms with E-state index in [1.807, 2.05) is 0 Å². The maximum absolute atomic E-state index is 7.33. The van der Waals surface area contributed by atoms with Gasteiger partial charge in [-0.05, 0) is 11.0 Å². The second kappa shape index (κ2) is 8.60. The Labute approximate surface area is 84.6 Å². The van der Waals surface area contributed by atoms with Gasteiger partial charge in [0.2, 0.25) is 0 Å². The van der Waals surface area contributed by atoms with Crippen LogP contribution in [0.1, 0.15) is 0 Å². The molecule has 0 saturated carbocycles. The van der Waals surface area contributed by atoms with Crippen molar-refractivity contribution in [1.29, 1.82) is 0 Å². The van der Waals surface area contributed by atoms with E-state index in [0.717, 1.165) is 0 Å². The van der Waals surface area contributed by atoms with Crippen LogP contribution in [0.3, 0.4) is 0 Å². The largest absolute Gasteiger partial charge is 0.0149 e. The van der Waals surface area contributed by atoms with E-state index < -0.39 is 9.05 Å². The van der Waals surface area contributed by atoms with Gasteiger partial charge in [0.1, 0.15) is 0 Å². The molecule has 0 aliphatic heterocycles. The van der Waals surface area contributed by atoms with Gasteiger partial charge >= 0.3 is 46.8 Å². The molecule has 0 saturated heterocycles. The summed E-state index contributed by atoms with van der Waals surface area (Å²) < 4.78 is 0. The van der Waals surface area contributed by atoms with Gasteiger partial charge < -0.3 is 19.2 Å². The fourth-order valence-corrected chi connectivity index (χ4v) is 0. The molecule has 0 amide bonds. The van der Waals surface area contributed by atoms with Crippen molar-refractivity contribution in [2.45, 2.75) is 0 Å². The molecule has 0 spiro atoms. The van der Waals surface area contributed by atoms with Crippen molar-refractivity contribution in [2.75, 3.05) is 0 Å². The first-order valence-corrected chi connectivity index (χ1v) is 2.68. The standard InChI is InChI=1S/BH3.Ca.H4O4Si.H4Si.2H/c;;1-5(2,3)4;;;/h1H3;;1-4H;1H4;;. The smallest absolute Gasteiger partial charge is 0.0149 e. The van der Waals surface area contributed by atoms with E-state index in [4.69, 9.17) is 19.2 Å². The van der Waals surface area contributed by atoms with E-state index in [1.165, 1.54) is 0 Å². The third kappa shape index (κ3) is 129. The molecule has 4 N–H and O–H groups in total. The second-order valence-electron chi connectivity index (χ2n) is 0.600. The van der Waals surface area contributed by atoms with Gasteiger partial charge in [0.25, 0.3) is 0 Å². The summed E-state index contributed by atoms with van der Waals surface area (Å²) in [6.07, 6.45) is 0. The molecule has 0 fully saturated rings. The summed E-state index contributed by atoms with van der Waals surface area (Å²) in [7, 11) is -4.61. The van der Waals surface area contributed by atoms with E-state index in [2.05, 4.69) is 0 Å². The quantitative estimate of drug-likeness (QED) is 0.282. The molecule has 0 heterocycles. The van der Waals surface area contributed by atoms with Crippen LogP contribution in [0.15, 0.2) is 0 Å². The molecule has 0 atom stereocenters. The molecule has 8 heteroatoms. The second-order valence-corrected chi connectivity index (χ2v) is 1.80. The first kappa shape index (κ1) is 22.6. The van der Waals surface area contributed by atoms with Crippen molar-refractivity contribution >= 4 is 66.2 Å². The molecule has 50 valence electrons. The summed E-state index contributed by atoms with van der Waals surface area (Å²) in [5, 5.41) is 0. The molecule has 0 aromatic rings.